The molecule has 360 valence electrons. The van der Waals surface area contributed by atoms with Gasteiger partial charge in [0.15, 0.2) is 6.10 Å². The number of unbranched alkanes of at least 4 members (excludes halogenated alkanes) is 31. The lowest BCUT2D eigenvalue weighted by molar-refractivity contribution is -0.161. The van der Waals surface area contributed by atoms with Crippen LogP contribution in [0.1, 0.15) is 245 Å². The molecule has 0 aliphatic heterocycles. The van der Waals surface area contributed by atoms with E-state index in [2.05, 4.69) is 38.2 Å². The summed E-state index contributed by atoms with van der Waals surface area (Å²) in [4.78, 5) is 35.1. The van der Waals surface area contributed by atoms with E-state index in [1.807, 2.05) is 0 Å². The predicted octanol–water partition coefficient (Wildman–Crippen LogP) is 14.1. The predicted molar refractivity (Wildman–Crippen MR) is 252 cm³/mol. The molecule has 0 amide bonds. The second kappa shape index (κ2) is 46.4. The van der Waals surface area contributed by atoms with Crippen molar-refractivity contribution >= 4 is 19.8 Å². The Labute approximate surface area is 374 Å². The lowest BCUT2D eigenvalue weighted by Gasteiger charge is -2.20. The number of rotatable bonds is 48. The van der Waals surface area contributed by atoms with E-state index in [0.29, 0.717) is 12.8 Å². The fourth-order valence-electron chi connectivity index (χ4n) is 7.22. The van der Waals surface area contributed by atoms with Crippen molar-refractivity contribution in [1.29, 1.82) is 0 Å². The lowest BCUT2D eigenvalue weighted by atomic mass is 10.0. The molecule has 0 aromatic heterocycles. The van der Waals surface area contributed by atoms with E-state index in [0.717, 1.165) is 57.8 Å². The van der Waals surface area contributed by atoms with Gasteiger partial charge in [0.2, 0.25) is 0 Å². The summed E-state index contributed by atoms with van der Waals surface area (Å²) in [6.45, 7) is 2.39. The monoisotopic (exact) mass is 887 g/mol. The molecule has 0 aromatic carbocycles. The zero-order chi connectivity index (χ0) is 44.8. The molecule has 0 heterocycles. The van der Waals surface area contributed by atoms with Gasteiger partial charge < -0.3 is 24.6 Å². The molecule has 10 nitrogen and oxygen atoms in total. The maximum Gasteiger partial charge on any atom is 0.472 e. The number of hydrogen-bond acceptors (Lipinski definition) is 9. The molecule has 1 unspecified atom stereocenters. The summed E-state index contributed by atoms with van der Waals surface area (Å²) in [6, 6.07) is 0. The Bertz CT molecular complexity index is 1070. The molecule has 0 saturated carbocycles. The van der Waals surface area contributed by atoms with Crippen LogP contribution in [0.4, 0.5) is 0 Å². The van der Waals surface area contributed by atoms with Gasteiger partial charge in [-0.2, -0.15) is 0 Å². The van der Waals surface area contributed by atoms with Gasteiger partial charge in [-0.3, -0.25) is 18.6 Å². The first-order chi connectivity index (χ1) is 29.7. The van der Waals surface area contributed by atoms with Gasteiger partial charge in [-0.15, -0.1) is 0 Å². The van der Waals surface area contributed by atoms with Crippen molar-refractivity contribution < 1.29 is 47.8 Å². The lowest BCUT2D eigenvalue weighted by Crippen LogP contribution is -2.29. The van der Waals surface area contributed by atoms with Crippen LogP contribution >= 0.6 is 7.82 Å². The molecule has 0 saturated heterocycles. The van der Waals surface area contributed by atoms with Gasteiger partial charge in [0, 0.05) is 12.8 Å². The number of hydrogen-bond donors (Lipinski definition) is 3. The SMILES string of the molecule is CCCCCC/C=C/C=C/CCCCCCCC(=O)OC[C@H](COP(=O)(O)OC[C@@H](O)CO)OC(=O)CCCCCCCCCCCCCCCCCCCCCCCCC. The van der Waals surface area contributed by atoms with Crippen LogP contribution in [0.5, 0.6) is 0 Å². The first kappa shape index (κ1) is 59.5. The molecule has 0 fully saturated rings. The van der Waals surface area contributed by atoms with Crippen LogP contribution in [0, 0.1) is 0 Å². The van der Waals surface area contributed by atoms with E-state index in [4.69, 9.17) is 23.6 Å². The van der Waals surface area contributed by atoms with E-state index in [1.54, 1.807) is 0 Å². The smallest absolute Gasteiger partial charge is 0.462 e. The number of carbonyl (C=O) groups is 2. The molecule has 0 radical (unpaired) electrons. The molecule has 0 bridgehead atoms. The van der Waals surface area contributed by atoms with E-state index < -0.39 is 51.8 Å². The number of phosphoric ester groups is 1. The van der Waals surface area contributed by atoms with Gasteiger partial charge >= 0.3 is 19.8 Å². The molecule has 0 spiro atoms. The summed E-state index contributed by atoms with van der Waals surface area (Å²) in [7, 11) is -4.62. The van der Waals surface area contributed by atoms with Crippen molar-refractivity contribution in [3.63, 3.8) is 0 Å². The fourth-order valence-corrected chi connectivity index (χ4v) is 8.01. The van der Waals surface area contributed by atoms with Crippen LogP contribution in [0.25, 0.3) is 0 Å². The molecule has 3 atom stereocenters. The van der Waals surface area contributed by atoms with Crippen molar-refractivity contribution in [2.24, 2.45) is 0 Å². The number of carbonyl (C=O) groups excluding carboxylic acids is 2. The minimum atomic E-state index is -4.62. The van der Waals surface area contributed by atoms with Crippen molar-refractivity contribution in [2.75, 3.05) is 26.4 Å². The second-order valence-electron chi connectivity index (χ2n) is 17.2. The zero-order valence-electron chi connectivity index (χ0n) is 39.4. The molecule has 3 N–H and O–H groups in total. The van der Waals surface area contributed by atoms with Gasteiger partial charge in [0.05, 0.1) is 19.8 Å². The minimum Gasteiger partial charge on any atom is -0.462 e. The Kier molecular flexibility index (Phi) is 45.3. The average Bonchev–Trinajstić information content (AvgIpc) is 3.25. The summed E-state index contributed by atoms with van der Waals surface area (Å²) in [5.74, 6) is -0.930. The normalized spacial score (nSPS) is 13.9. The Balaban J connectivity index is 4.14. The summed E-state index contributed by atoms with van der Waals surface area (Å²) >= 11 is 0. The Morgan fingerprint density at radius 3 is 1.25 bits per heavy atom. The molecule has 61 heavy (non-hydrogen) atoms. The standard InChI is InChI=1S/C50H95O10P/c1-3-5-7-9-11-13-15-17-19-20-21-22-23-24-25-26-28-30-32-34-36-38-40-42-50(54)60-48(46-59-61(55,56)58-44-47(52)43-51)45-57-49(53)41-39-37-35-33-31-29-27-18-16-14-12-10-8-6-4-2/h14,16,18,27,47-48,51-52H,3-13,15,17,19-26,28-46H2,1-2H3,(H,55,56)/b16-14+,27-18+/t47-,48+/m0/s1. The molecular weight excluding hydrogens is 792 g/mol. The van der Waals surface area contributed by atoms with Gasteiger partial charge in [0.1, 0.15) is 12.7 Å². The van der Waals surface area contributed by atoms with E-state index >= 15 is 0 Å². The van der Waals surface area contributed by atoms with E-state index in [-0.39, 0.29) is 19.4 Å². The van der Waals surface area contributed by atoms with Gasteiger partial charge in [-0.1, -0.05) is 218 Å². The van der Waals surface area contributed by atoms with Crippen molar-refractivity contribution in [3.05, 3.63) is 24.3 Å². The third-order valence-corrected chi connectivity index (χ3v) is 12.1. The van der Waals surface area contributed by atoms with Gasteiger partial charge in [0.25, 0.3) is 0 Å². The summed E-state index contributed by atoms with van der Waals surface area (Å²) < 4.78 is 32.8. The quantitative estimate of drug-likeness (QED) is 0.0233. The van der Waals surface area contributed by atoms with Crippen molar-refractivity contribution in [2.45, 2.75) is 257 Å². The number of allylic oxidation sites excluding steroid dienone is 4. The number of aliphatic hydroxyl groups excluding tert-OH is 2. The summed E-state index contributed by atoms with van der Waals surface area (Å²) in [6.07, 6.45) is 48.6. The molecular formula is C50H95O10P. The minimum absolute atomic E-state index is 0.186. The Morgan fingerprint density at radius 2 is 0.836 bits per heavy atom. The van der Waals surface area contributed by atoms with E-state index in [9.17, 15) is 24.2 Å². The van der Waals surface area contributed by atoms with Gasteiger partial charge in [-0.05, 0) is 38.5 Å². The van der Waals surface area contributed by atoms with E-state index in [1.165, 1.54) is 148 Å². The summed E-state index contributed by atoms with van der Waals surface area (Å²) in [5, 5.41) is 18.4. The Morgan fingerprint density at radius 1 is 0.492 bits per heavy atom. The number of aliphatic hydroxyl groups is 2. The van der Waals surface area contributed by atoms with Crippen LogP contribution in [0.3, 0.4) is 0 Å². The molecule has 0 aromatic rings. The zero-order valence-corrected chi connectivity index (χ0v) is 40.3. The van der Waals surface area contributed by atoms with Crippen molar-refractivity contribution in [3.8, 4) is 0 Å². The highest BCUT2D eigenvalue weighted by molar-refractivity contribution is 7.47. The number of phosphoric acid groups is 1. The third kappa shape index (κ3) is 46.3. The maximum atomic E-state index is 12.7. The number of ether oxygens (including phenoxy) is 2. The van der Waals surface area contributed by atoms with Crippen LogP contribution < -0.4 is 0 Å². The topological polar surface area (TPSA) is 149 Å². The first-order valence-corrected chi connectivity index (χ1v) is 26.8. The maximum absolute atomic E-state index is 12.7. The summed E-state index contributed by atoms with van der Waals surface area (Å²) in [5.41, 5.74) is 0. The van der Waals surface area contributed by atoms with Gasteiger partial charge in [-0.25, -0.2) is 4.57 Å². The fraction of sp³-hybridized carbons (Fsp3) is 0.880. The Hall–Kier alpha value is -1.55. The van der Waals surface area contributed by atoms with Crippen LogP contribution in [0.2, 0.25) is 0 Å². The number of esters is 2. The van der Waals surface area contributed by atoms with Crippen LogP contribution in [-0.2, 0) is 32.7 Å². The highest BCUT2D eigenvalue weighted by atomic mass is 31.2. The highest BCUT2D eigenvalue weighted by Gasteiger charge is 2.27. The second-order valence-corrected chi connectivity index (χ2v) is 18.7. The van der Waals surface area contributed by atoms with Crippen molar-refractivity contribution in [1.82, 2.24) is 0 Å². The molecule has 0 aliphatic rings. The van der Waals surface area contributed by atoms with Crippen LogP contribution in [-0.4, -0.2) is 65.7 Å². The largest absolute Gasteiger partial charge is 0.472 e. The first-order valence-electron chi connectivity index (χ1n) is 25.3. The highest BCUT2D eigenvalue weighted by Crippen LogP contribution is 2.43. The average molecular weight is 887 g/mol. The third-order valence-electron chi connectivity index (χ3n) is 11.1. The molecule has 11 heteroatoms. The molecule has 0 rings (SSSR count). The van der Waals surface area contributed by atoms with Crippen LogP contribution in [0.15, 0.2) is 24.3 Å². The molecule has 0 aliphatic carbocycles.